The topological polar surface area (TPSA) is 36.7 Å². The van der Waals surface area contributed by atoms with E-state index in [4.69, 9.17) is 5.26 Å². The predicted octanol–water partition coefficient (Wildman–Crippen LogP) is 3.00. The zero-order valence-electron chi connectivity index (χ0n) is 8.24. The maximum atomic E-state index is 13.0. The van der Waals surface area contributed by atoms with Crippen LogP contribution in [0.15, 0.2) is 30.6 Å². The number of rotatable bonds is 1. The van der Waals surface area contributed by atoms with Crippen LogP contribution in [0.4, 0.5) is 4.39 Å². The summed E-state index contributed by atoms with van der Waals surface area (Å²) in [5.74, 6) is -0.516. The summed E-state index contributed by atoms with van der Waals surface area (Å²) >= 11 is 0. The smallest absolute Gasteiger partial charge is 0.123 e. The molecule has 2 nitrogen and oxygen atoms in total. The average molecular weight is 200 g/mol. The van der Waals surface area contributed by atoms with Crippen molar-refractivity contribution in [3.05, 3.63) is 42.0 Å². The summed E-state index contributed by atoms with van der Waals surface area (Å²) in [5, 5.41) is 10.5. The van der Waals surface area contributed by atoms with Gasteiger partial charge < -0.3 is 0 Å². The van der Waals surface area contributed by atoms with Gasteiger partial charge in [-0.25, -0.2) is 4.39 Å². The first-order valence-electron chi connectivity index (χ1n) is 4.65. The van der Waals surface area contributed by atoms with Gasteiger partial charge >= 0.3 is 0 Å². The van der Waals surface area contributed by atoms with Crippen LogP contribution in [0.25, 0.3) is 10.8 Å². The molecule has 15 heavy (non-hydrogen) atoms. The third-order valence-electron chi connectivity index (χ3n) is 2.41. The molecule has 2 rings (SSSR count). The second kappa shape index (κ2) is 3.66. The lowest BCUT2D eigenvalue weighted by Crippen LogP contribution is -1.93. The van der Waals surface area contributed by atoms with Crippen molar-refractivity contribution in [2.45, 2.75) is 12.8 Å². The third kappa shape index (κ3) is 1.66. The molecular weight excluding hydrogens is 191 g/mol. The van der Waals surface area contributed by atoms with Gasteiger partial charge in [0.1, 0.15) is 5.82 Å². The number of benzene rings is 1. The molecule has 0 aliphatic heterocycles. The van der Waals surface area contributed by atoms with Crippen LogP contribution in [-0.2, 0) is 0 Å². The number of pyridine rings is 1. The zero-order valence-corrected chi connectivity index (χ0v) is 8.24. The number of hydrogen-bond acceptors (Lipinski definition) is 2. The van der Waals surface area contributed by atoms with Crippen molar-refractivity contribution < 1.29 is 4.39 Å². The monoisotopic (exact) mass is 200 g/mol. The minimum absolute atomic E-state index is 0.230. The Morgan fingerprint density at radius 2 is 2.20 bits per heavy atom. The average Bonchev–Trinajstić information content (AvgIpc) is 2.26. The molecule has 0 N–H and O–H groups in total. The Morgan fingerprint density at radius 3 is 2.93 bits per heavy atom. The Labute approximate surface area is 87.0 Å². The Balaban J connectivity index is 2.72. The summed E-state index contributed by atoms with van der Waals surface area (Å²) < 4.78 is 13.0. The highest BCUT2D eigenvalue weighted by Crippen LogP contribution is 2.24. The summed E-state index contributed by atoms with van der Waals surface area (Å²) in [4.78, 5) is 4.01. The Bertz CT molecular complexity index is 543. The van der Waals surface area contributed by atoms with Gasteiger partial charge in [-0.05, 0) is 30.0 Å². The molecule has 0 radical (unpaired) electrons. The minimum atomic E-state index is -0.286. The molecule has 1 atom stereocenters. The second-order valence-electron chi connectivity index (χ2n) is 3.44. The molecule has 0 aliphatic carbocycles. The van der Waals surface area contributed by atoms with E-state index in [2.05, 4.69) is 11.1 Å². The lowest BCUT2D eigenvalue weighted by molar-refractivity contribution is 0.629. The first kappa shape index (κ1) is 9.60. The van der Waals surface area contributed by atoms with E-state index in [0.717, 1.165) is 16.3 Å². The van der Waals surface area contributed by atoms with Gasteiger partial charge in [-0.1, -0.05) is 6.07 Å². The van der Waals surface area contributed by atoms with Crippen LogP contribution in [0.1, 0.15) is 18.4 Å². The number of halogens is 1. The van der Waals surface area contributed by atoms with Crippen LogP contribution in [0.5, 0.6) is 0 Å². The van der Waals surface area contributed by atoms with Gasteiger partial charge in [0, 0.05) is 17.8 Å². The van der Waals surface area contributed by atoms with Gasteiger partial charge in [0.15, 0.2) is 0 Å². The van der Waals surface area contributed by atoms with Gasteiger partial charge in [-0.15, -0.1) is 0 Å². The maximum absolute atomic E-state index is 13.0. The third-order valence-corrected chi connectivity index (χ3v) is 2.41. The molecule has 74 valence electrons. The van der Waals surface area contributed by atoms with E-state index in [1.54, 1.807) is 25.4 Å². The van der Waals surface area contributed by atoms with Crippen molar-refractivity contribution in [1.82, 2.24) is 4.98 Å². The van der Waals surface area contributed by atoms with Crippen molar-refractivity contribution in [3.63, 3.8) is 0 Å². The van der Waals surface area contributed by atoms with Crippen LogP contribution in [0.2, 0.25) is 0 Å². The number of hydrogen-bond donors (Lipinski definition) is 0. The molecule has 0 unspecified atom stereocenters. The molecule has 0 bridgehead atoms. The van der Waals surface area contributed by atoms with Gasteiger partial charge in [0.2, 0.25) is 0 Å². The highest BCUT2D eigenvalue weighted by atomic mass is 19.1. The predicted molar refractivity (Wildman–Crippen MR) is 55.7 cm³/mol. The van der Waals surface area contributed by atoms with Crippen LogP contribution < -0.4 is 0 Å². The fourth-order valence-electron chi connectivity index (χ4n) is 1.59. The SMILES string of the molecule is C[C@H](C#N)c1cncc2cc(F)ccc12. The maximum Gasteiger partial charge on any atom is 0.123 e. The number of aromatic nitrogens is 1. The molecule has 0 spiro atoms. The molecule has 0 saturated carbocycles. The van der Waals surface area contributed by atoms with Crippen LogP contribution >= 0.6 is 0 Å². The van der Waals surface area contributed by atoms with E-state index < -0.39 is 0 Å². The molecule has 0 aliphatic rings. The van der Waals surface area contributed by atoms with Gasteiger partial charge in [-0.3, -0.25) is 4.98 Å². The van der Waals surface area contributed by atoms with E-state index in [9.17, 15) is 4.39 Å². The van der Waals surface area contributed by atoms with E-state index in [-0.39, 0.29) is 11.7 Å². The number of nitrogens with zero attached hydrogens (tertiary/aromatic N) is 2. The van der Waals surface area contributed by atoms with Crippen molar-refractivity contribution >= 4 is 10.8 Å². The largest absolute Gasteiger partial charge is 0.264 e. The van der Waals surface area contributed by atoms with Crippen LogP contribution in [0, 0.1) is 17.1 Å². The summed E-state index contributed by atoms with van der Waals surface area (Å²) in [6.07, 6.45) is 3.26. The fourth-order valence-corrected chi connectivity index (χ4v) is 1.59. The zero-order chi connectivity index (χ0) is 10.8. The number of nitriles is 1. The van der Waals surface area contributed by atoms with Gasteiger partial charge in [-0.2, -0.15) is 5.26 Å². The second-order valence-corrected chi connectivity index (χ2v) is 3.44. The lowest BCUT2D eigenvalue weighted by Gasteiger charge is -2.06. The van der Waals surface area contributed by atoms with Gasteiger partial charge in [0.05, 0.1) is 12.0 Å². The molecule has 1 aromatic carbocycles. The van der Waals surface area contributed by atoms with Crippen LogP contribution in [-0.4, -0.2) is 4.98 Å². The van der Waals surface area contributed by atoms with Crippen molar-refractivity contribution in [1.29, 1.82) is 5.26 Å². The molecule has 2 aromatic rings. The first-order valence-corrected chi connectivity index (χ1v) is 4.65. The van der Waals surface area contributed by atoms with E-state index in [1.807, 2.05) is 0 Å². The minimum Gasteiger partial charge on any atom is -0.264 e. The van der Waals surface area contributed by atoms with Crippen LogP contribution in [0.3, 0.4) is 0 Å². The quantitative estimate of drug-likeness (QED) is 0.709. The van der Waals surface area contributed by atoms with E-state index in [1.165, 1.54) is 12.1 Å². The van der Waals surface area contributed by atoms with Gasteiger partial charge in [0.25, 0.3) is 0 Å². The highest BCUT2D eigenvalue weighted by molar-refractivity contribution is 5.85. The molecule has 0 saturated heterocycles. The van der Waals surface area contributed by atoms with Crippen molar-refractivity contribution in [2.75, 3.05) is 0 Å². The van der Waals surface area contributed by atoms with E-state index >= 15 is 0 Å². The molecule has 1 heterocycles. The summed E-state index contributed by atoms with van der Waals surface area (Å²) in [7, 11) is 0. The van der Waals surface area contributed by atoms with Crippen molar-refractivity contribution in [2.24, 2.45) is 0 Å². The normalized spacial score (nSPS) is 12.3. The molecule has 0 amide bonds. The first-order chi connectivity index (χ1) is 7.22. The molecular formula is C12H9FN2. The highest BCUT2D eigenvalue weighted by Gasteiger charge is 2.08. The Kier molecular flexibility index (Phi) is 2.34. The fraction of sp³-hybridized carbons (Fsp3) is 0.167. The molecule has 1 aromatic heterocycles. The molecule has 3 heteroatoms. The Hall–Kier alpha value is -1.95. The summed E-state index contributed by atoms with van der Waals surface area (Å²) in [6, 6.07) is 6.67. The lowest BCUT2D eigenvalue weighted by atomic mass is 9.98. The standard InChI is InChI=1S/C12H9FN2/c1-8(5-14)12-7-15-6-9-4-10(13)2-3-11(9)12/h2-4,6-8H,1H3/t8-/m1/s1. The Morgan fingerprint density at radius 1 is 1.40 bits per heavy atom. The summed E-state index contributed by atoms with van der Waals surface area (Å²) in [5.41, 5.74) is 0.843. The van der Waals surface area contributed by atoms with E-state index in [0.29, 0.717) is 0 Å². The van der Waals surface area contributed by atoms with Crippen molar-refractivity contribution in [3.8, 4) is 6.07 Å². The number of fused-ring (bicyclic) bond motifs is 1. The summed E-state index contributed by atoms with van der Waals surface area (Å²) in [6.45, 7) is 1.81. The molecule has 0 fully saturated rings.